The molecule has 3 aliphatic rings. The van der Waals surface area contributed by atoms with Gasteiger partial charge in [0.25, 0.3) is 0 Å². The third kappa shape index (κ3) is 4.13. The Hall–Kier alpha value is -1.79. The highest BCUT2D eigenvalue weighted by atomic mass is 35.5. The number of ether oxygens (including phenoxy) is 1. The van der Waals surface area contributed by atoms with Crippen molar-refractivity contribution in [3.63, 3.8) is 0 Å². The van der Waals surface area contributed by atoms with E-state index in [2.05, 4.69) is 4.90 Å². The van der Waals surface area contributed by atoms with Gasteiger partial charge in [0.1, 0.15) is 6.10 Å². The molecule has 2 unspecified atom stereocenters. The van der Waals surface area contributed by atoms with Crippen molar-refractivity contribution in [3.05, 3.63) is 65.7 Å². The molecule has 0 aromatic heterocycles. The van der Waals surface area contributed by atoms with Crippen molar-refractivity contribution in [2.24, 2.45) is 5.92 Å². The van der Waals surface area contributed by atoms with Crippen molar-refractivity contribution in [3.8, 4) is 0 Å². The molecule has 28 heavy (non-hydrogen) atoms. The summed E-state index contributed by atoms with van der Waals surface area (Å²) in [6.07, 6.45) is 1.92. The van der Waals surface area contributed by atoms with Crippen LogP contribution in [-0.4, -0.2) is 41.7 Å². The van der Waals surface area contributed by atoms with Crippen LogP contribution in [0.4, 0.5) is 5.69 Å². The maximum absolute atomic E-state index is 13.2. The highest BCUT2D eigenvalue weighted by Gasteiger charge is 2.45. The predicted octanol–water partition coefficient (Wildman–Crippen LogP) is 2.99. The van der Waals surface area contributed by atoms with Crippen LogP contribution in [0.5, 0.6) is 0 Å². The highest BCUT2D eigenvalue weighted by molar-refractivity contribution is 5.86. The summed E-state index contributed by atoms with van der Waals surface area (Å²) in [7, 11) is 0. The molecule has 0 radical (unpaired) electrons. The van der Waals surface area contributed by atoms with E-state index in [1.807, 2.05) is 6.07 Å². The number of benzene rings is 2. The Balaban J connectivity index is 0.00000140. The molecule has 2 atom stereocenters. The first-order chi connectivity index (χ1) is 12.6. The zero-order valence-corrected chi connectivity index (χ0v) is 17.1. The molecular formula is C21H26Cl2N2O3. The average molecular weight is 425 g/mol. The van der Waals surface area contributed by atoms with Gasteiger partial charge in [-0.3, -0.25) is 4.90 Å². The van der Waals surface area contributed by atoms with Crippen molar-refractivity contribution in [2.75, 3.05) is 25.4 Å². The number of aliphatic hydroxyl groups is 1. The number of rotatable bonds is 4. The van der Waals surface area contributed by atoms with Gasteiger partial charge in [-0.05, 0) is 49.5 Å². The lowest BCUT2D eigenvalue weighted by Crippen LogP contribution is -2.53. The van der Waals surface area contributed by atoms with E-state index in [9.17, 15) is 9.90 Å². The maximum Gasteiger partial charge on any atom is 0.348 e. The lowest BCUT2D eigenvalue weighted by Gasteiger charge is -2.44. The van der Waals surface area contributed by atoms with Crippen LogP contribution in [0.15, 0.2) is 54.6 Å². The van der Waals surface area contributed by atoms with Gasteiger partial charge in [0.15, 0.2) is 0 Å². The number of nitrogen functional groups attached to an aromatic ring is 1. The maximum atomic E-state index is 13.2. The third-order valence-corrected chi connectivity index (χ3v) is 5.65. The fourth-order valence-corrected chi connectivity index (χ4v) is 4.11. The topological polar surface area (TPSA) is 75.8 Å². The fraction of sp³-hybridized carbons (Fsp3) is 0.381. The van der Waals surface area contributed by atoms with E-state index in [0.717, 1.165) is 32.5 Å². The first-order valence-corrected chi connectivity index (χ1v) is 9.15. The van der Waals surface area contributed by atoms with Crippen molar-refractivity contribution in [1.29, 1.82) is 0 Å². The molecule has 0 spiro atoms. The molecule has 2 bridgehead atoms. The number of carbonyl (C=O) groups excluding carboxylic acids is 1. The second-order valence-corrected chi connectivity index (χ2v) is 7.28. The zero-order chi connectivity index (χ0) is 18.1. The number of fused-ring (bicyclic) bond motifs is 3. The molecule has 0 amide bonds. The molecule has 0 saturated carbocycles. The minimum Gasteiger partial charge on any atom is -0.458 e. The second kappa shape index (κ2) is 9.14. The Morgan fingerprint density at radius 2 is 1.68 bits per heavy atom. The summed E-state index contributed by atoms with van der Waals surface area (Å²) in [6, 6.07) is 15.7. The van der Waals surface area contributed by atoms with Crippen LogP contribution in [0, 0.1) is 5.92 Å². The Bertz CT molecular complexity index is 797. The highest BCUT2D eigenvalue weighted by Crippen LogP contribution is 2.35. The number of nitrogens with two attached hydrogens (primary N) is 1. The number of piperidine rings is 3. The zero-order valence-electron chi connectivity index (χ0n) is 15.5. The Morgan fingerprint density at radius 1 is 1.04 bits per heavy atom. The Kier molecular flexibility index (Phi) is 7.34. The van der Waals surface area contributed by atoms with Crippen LogP contribution in [-0.2, 0) is 15.1 Å². The summed E-state index contributed by atoms with van der Waals surface area (Å²) >= 11 is 0. The van der Waals surface area contributed by atoms with E-state index in [0.29, 0.717) is 22.7 Å². The summed E-state index contributed by atoms with van der Waals surface area (Å²) in [5.41, 5.74) is 5.43. The molecule has 2 aromatic carbocycles. The van der Waals surface area contributed by atoms with E-state index in [-0.39, 0.29) is 30.9 Å². The van der Waals surface area contributed by atoms with E-state index >= 15 is 0 Å². The van der Waals surface area contributed by atoms with Crippen molar-refractivity contribution >= 4 is 36.5 Å². The monoisotopic (exact) mass is 424 g/mol. The van der Waals surface area contributed by atoms with Gasteiger partial charge in [0, 0.05) is 17.8 Å². The standard InChI is InChI=1S/C21H24N2O3.2ClH/c22-18-8-4-7-17(13-18)21(25,16-5-2-1-3-6-16)20(24)26-19-14-23-11-9-15(19)10-12-23;;/h1-8,13,15,19,25H,9-12,14,22H2;2*1H. The number of nitrogens with zero attached hydrogens (tertiary/aromatic N) is 1. The van der Waals surface area contributed by atoms with Gasteiger partial charge in [-0.2, -0.15) is 0 Å². The summed E-state index contributed by atoms with van der Waals surface area (Å²) < 4.78 is 5.87. The van der Waals surface area contributed by atoms with Crippen LogP contribution in [0.2, 0.25) is 0 Å². The summed E-state index contributed by atoms with van der Waals surface area (Å²) in [6.45, 7) is 2.88. The first kappa shape index (κ1) is 22.5. The summed E-state index contributed by atoms with van der Waals surface area (Å²) in [5, 5.41) is 11.5. The van der Waals surface area contributed by atoms with Crippen molar-refractivity contribution < 1.29 is 14.6 Å². The molecule has 7 heteroatoms. The molecule has 3 N–H and O–H groups in total. The summed E-state index contributed by atoms with van der Waals surface area (Å²) in [5.74, 6) is -0.252. The number of halogens is 2. The molecule has 3 heterocycles. The Morgan fingerprint density at radius 3 is 2.25 bits per heavy atom. The van der Waals surface area contributed by atoms with Gasteiger partial charge >= 0.3 is 5.97 Å². The largest absolute Gasteiger partial charge is 0.458 e. The van der Waals surface area contributed by atoms with Crippen LogP contribution < -0.4 is 5.73 Å². The summed E-state index contributed by atoms with van der Waals surface area (Å²) in [4.78, 5) is 15.5. The predicted molar refractivity (Wildman–Crippen MR) is 114 cm³/mol. The molecule has 3 fully saturated rings. The van der Waals surface area contributed by atoms with Gasteiger partial charge in [-0.15, -0.1) is 24.8 Å². The molecule has 5 nitrogen and oxygen atoms in total. The number of esters is 1. The lowest BCUT2D eigenvalue weighted by atomic mass is 9.84. The van der Waals surface area contributed by atoms with E-state index in [4.69, 9.17) is 10.5 Å². The van der Waals surface area contributed by atoms with Gasteiger partial charge in [0.05, 0.1) is 0 Å². The van der Waals surface area contributed by atoms with Crippen LogP contribution in [0.25, 0.3) is 0 Å². The third-order valence-electron chi connectivity index (χ3n) is 5.65. The minimum absolute atomic E-state index is 0. The van der Waals surface area contributed by atoms with Gasteiger partial charge in [-0.1, -0.05) is 42.5 Å². The van der Waals surface area contributed by atoms with E-state index in [1.165, 1.54) is 0 Å². The van der Waals surface area contributed by atoms with Crippen molar-refractivity contribution in [2.45, 2.75) is 24.5 Å². The first-order valence-electron chi connectivity index (χ1n) is 9.15. The molecule has 3 aliphatic heterocycles. The number of carbonyl (C=O) groups is 1. The van der Waals surface area contributed by atoms with Crippen LogP contribution in [0.1, 0.15) is 24.0 Å². The molecule has 5 rings (SSSR count). The van der Waals surface area contributed by atoms with Gasteiger partial charge < -0.3 is 15.6 Å². The van der Waals surface area contributed by atoms with Crippen LogP contribution >= 0.6 is 24.8 Å². The number of anilines is 1. The minimum atomic E-state index is -1.87. The fourth-order valence-electron chi connectivity index (χ4n) is 4.11. The van der Waals surface area contributed by atoms with Crippen molar-refractivity contribution in [1.82, 2.24) is 4.90 Å². The van der Waals surface area contributed by atoms with E-state index < -0.39 is 11.6 Å². The second-order valence-electron chi connectivity index (χ2n) is 7.28. The lowest BCUT2D eigenvalue weighted by molar-refractivity contribution is -0.177. The van der Waals surface area contributed by atoms with Gasteiger partial charge in [-0.25, -0.2) is 4.79 Å². The quantitative estimate of drug-likeness (QED) is 0.582. The smallest absolute Gasteiger partial charge is 0.348 e. The molecule has 152 valence electrons. The molecule has 2 aromatic rings. The van der Waals surface area contributed by atoms with Crippen LogP contribution in [0.3, 0.4) is 0 Å². The average Bonchev–Trinajstić information content (AvgIpc) is 2.69. The normalized spacial score (nSPS) is 25.0. The molecule has 3 saturated heterocycles. The number of hydrogen-bond acceptors (Lipinski definition) is 5. The molecular weight excluding hydrogens is 399 g/mol. The van der Waals surface area contributed by atoms with E-state index in [1.54, 1.807) is 48.5 Å². The number of hydrogen-bond donors (Lipinski definition) is 2. The van der Waals surface area contributed by atoms with Gasteiger partial charge in [0.2, 0.25) is 5.60 Å². The molecule has 0 aliphatic carbocycles. The SMILES string of the molecule is Cl.Cl.Nc1cccc(C(O)(C(=O)OC2CN3CCC2CC3)c2ccccc2)c1. The Labute approximate surface area is 177 Å².